The van der Waals surface area contributed by atoms with E-state index in [1.54, 1.807) is 0 Å². The minimum atomic E-state index is 0.468. The fourth-order valence-electron chi connectivity index (χ4n) is 0.712. The maximum absolute atomic E-state index is 5.06. The number of anilines is 1. The first-order valence-corrected chi connectivity index (χ1v) is 3.36. The van der Waals surface area contributed by atoms with E-state index in [9.17, 15) is 0 Å². The summed E-state index contributed by atoms with van der Waals surface area (Å²) in [6.45, 7) is 4.29. The van der Waals surface area contributed by atoms with Gasteiger partial charge in [0.15, 0.2) is 0 Å². The second-order valence-electron chi connectivity index (χ2n) is 2.28. The quantitative estimate of drug-likeness (QED) is 0.646. The summed E-state index contributed by atoms with van der Waals surface area (Å²) in [6.07, 6.45) is 5.06. The van der Waals surface area contributed by atoms with Crippen LogP contribution < -0.4 is 5.32 Å². The van der Waals surface area contributed by atoms with Gasteiger partial charge in [0, 0.05) is 5.56 Å². The number of rotatable bonds is 2. The Bertz CT molecular complexity index is 283. The Labute approximate surface area is 65.8 Å². The van der Waals surface area contributed by atoms with Crippen molar-refractivity contribution in [2.24, 2.45) is 0 Å². The predicted octanol–water partition coefficient (Wildman–Crippen LogP) is 1.34. The first-order valence-electron chi connectivity index (χ1n) is 3.36. The number of nitrogens with zero attached hydrogens (tertiary/aromatic N) is 1. The largest absolute Gasteiger partial charge is 0.343 e. The fraction of sp³-hybridized carbons (Fsp3) is 0.375. The van der Waals surface area contributed by atoms with Crippen LogP contribution in [0.1, 0.15) is 11.3 Å². The van der Waals surface area contributed by atoms with Gasteiger partial charge in [-0.15, -0.1) is 6.42 Å². The third-order valence-electron chi connectivity index (χ3n) is 1.51. The molecule has 0 atom stereocenters. The van der Waals surface area contributed by atoms with Gasteiger partial charge in [-0.05, 0) is 13.8 Å². The standard InChI is InChI=1S/C8H10N2O/c1-4-5-9-8-6(2)7(3)10-11-8/h1,9H,5H2,2-3H3. The molecule has 1 aromatic rings. The molecule has 0 amide bonds. The van der Waals surface area contributed by atoms with Crippen LogP contribution in [0, 0.1) is 26.2 Å². The van der Waals surface area contributed by atoms with Gasteiger partial charge < -0.3 is 9.84 Å². The molecule has 0 bridgehead atoms. The monoisotopic (exact) mass is 150 g/mol. The highest BCUT2D eigenvalue weighted by atomic mass is 16.5. The van der Waals surface area contributed by atoms with E-state index in [0.29, 0.717) is 12.4 Å². The molecule has 3 heteroatoms. The van der Waals surface area contributed by atoms with Crippen molar-refractivity contribution in [3.8, 4) is 12.3 Å². The van der Waals surface area contributed by atoms with E-state index in [1.807, 2.05) is 13.8 Å². The van der Waals surface area contributed by atoms with Crippen molar-refractivity contribution >= 4 is 5.88 Å². The van der Waals surface area contributed by atoms with Gasteiger partial charge in [0.2, 0.25) is 5.88 Å². The Hall–Kier alpha value is -1.43. The van der Waals surface area contributed by atoms with E-state index in [2.05, 4.69) is 16.4 Å². The molecule has 0 aliphatic carbocycles. The van der Waals surface area contributed by atoms with E-state index in [0.717, 1.165) is 11.3 Å². The molecule has 0 saturated carbocycles. The van der Waals surface area contributed by atoms with Crippen molar-refractivity contribution in [3.05, 3.63) is 11.3 Å². The summed E-state index contributed by atoms with van der Waals surface area (Å²) in [7, 11) is 0. The zero-order valence-corrected chi connectivity index (χ0v) is 6.64. The summed E-state index contributed by atoms with van der Waals surface area (Å²) >= 11 is 0. The minimum Gasteiger partial charge on any atom is -0.343 e. The third kappa shape index (κ3) is 1.53. The van der Waals surface area contributed by atoms with Gasteiger partial charge >= 0.3 is 0 Å². The number of aromatic nitrogens is 1. The van der Waals surface area contributed by atoms with Gasteiger partial charge in [0.05, 0.1) is 12.2 Å². The first-order chi connectivity index (χ1) is 5.25. The highest BCUT2D eigenvalue weighted by molar-refractivity contribution is 5.42. The van der Waals surface area contributed by atoms with Crippen LogP contribution in [0.2, 0.25) is 0 Å². The molecule has 0 aliphatic heterocycles. The molecule has 0 spiro atoms. The Kier molecular flexibility index (Phi) is 2.17. The Balaban J connectivity index is 2.72. The molecular weight excluding hydrogens is 140 g/mol. The van der Waals surface area contributed by atoms with Gasteiger partial charge in [0.25, 0.3) is 0 Å². The van der Waals surface area contributed by atoms with Crippen LogP contribution in [-0.4, -0.2) is 11.7 Å². The molecule has 3 nitrogen and oxygen atoms in total. The molecule has 0 saturated heterocycles. The average molecular weight is 150 g/mol. The van der Waals surface area contributed by atoms with Crippen LogP contribution in [0.4, 0.5) is 5.88 Å². The van der Waals surface area contributed by atoms with Crippen molar-refractivity contribution in [1.29, 1.82) is 0 Å². The molecule has 1 N–H and O–H groups in total. The van der Waals surface area contributed by atoms with Gasteiger partial charge in [-0.1, -0.05) is 11.1 Å². The number of hydrogen-bond acceptors (Lipinski definition) is 3. The van der Waals surface area contributed by atoms with Crippen LogP contribution in [0.15, 0.2) is 4.52 Å². The molecule has 0 unspecified atom stereocenters. The number of terminal acetylenes is 1. The molecule has 11 heavy (non-hydrogen) atoms. The maximum Gasteiger partial charge on any atom is 0.228 e. The normalized spacial score (nSPS) is 9.18. The lowest BCUT2D eigenvalue weighted by Crippen LogP contribution is -1.97. The van der Waals surface area contributed by atoms with Gasteiger partial charge in [-0.2, -0.15) is 0 Å². The molecule has 0 aliphatic rings. The van der Waals surface area contributed by atoms with Gasteiger partial charge in [-0.3, -0.25) is 0 Å². The van der Waals surface area contributed by atoms with Crippen molar-refractivity contribution in [2.75, 3.05) is 11.9 Å². The van der Waals surface area contributed by atoms with E-state index in [-0.39, 0.29) is 0 Å². The number of aryl methyl sites for hydroxylation is 1. The lowest BCUT2D eigenvalue weighted by atomic mass is 10.3. The highest BCUT2D eigenvalue weighted by Gasteiger charge is 2.05. The van der Waals surface area contributed by atoms with Crippen LogP contribution in [0.25, 0.3) is 0 Å². The summed E-state index contributed by atoms with van der Waals surface area (Å²) in [5, 5.41) is 6.68. The van der Waals surface area contributed by atoms with Crippen molar-refractivity contribution in [3.63, 3.8) is 0 Å². The lowest BCUT2D eigenvalue weighted by Gasteiger charge is -1.95. The molecule has 0 fully saturated rings. The molecule has 1 aromatic heterocycles. The summed E-state index contributed by atoms with van der Waals surface area (Å²) in [5.41, 5.74) is 1.91. The molecule has 1 rings (SSSR count). The number of hydrogen-bond donors (Lipinski definition) is 1. The van der Waals surface area contributed by atoms with Gasteiger partial charge in [0.1, 0.15) is 0 Å². The average Bonchev–Trinajstić information content (AvgIpc) is 2.31. The fourth-order valence-corrected chi connectivity index (χ4v) is 0.712. The Morgan fingerprint density at radius 2 is 2.36 bits per heavy atom. The van der Waals surface area contributed by atoms with Gasteiger partial charge in [-0.25, -0.2) is 0 Å². The molecule has 58 valence electrons. The first kappa shape index (κ1) is 7.67. The SMILES string of the molecule is C#CCNc1onc(C)c1C. The summed E-state index contributed by atoms with van der Waals surface area (Å²) < 4.78 is 4.94. The predicted molar refractivity (Wildman–Crippen MR) is 43.3 cm³/mol. The van der Waals surface area contributed by atoms with Crippen molar-refractivity contribution < 1.29 is 4.52 Å². The Morgan fingerprint density at radius 1 is 1.64 bits per heavy atom. The molecular formula is C8H10N2O. The zero-order chi connectivity index (χ0) is 8.27. The second kappa shape index (κ2) is 3.11. The van der Waals surface area contributed by atoms with Crippen molar-refractivity contribution in [1.82, 2.24) is 5.16 Å². The van der Waals surface area contributed by atoms with Crippen LogP contribution in [0.5, 0.6) is 0 Å². The molecule has 1 heterocycles. The van der Waals surface area contributed by atoms with Crippen molar-refractivity contribution in [2.45, 2.75) is 13.8 Å². The molecule has 0 aromatic carbocycles. The van der Waals surface area contributed by atoms with Crippen LogP contribution in [0.3, 0.4) is 0 Å². The number of nitrogens with one attached hydrogen (secondary N) is 1. The smallest absolute Gasteiger partial charge is 0.228 e. The minimum absolute atomic E-state index is 0.468. The van der Waals surface area contributed by atoms with Crippen LogP contribution >= 0.6 is 0 Å². The van der Waals surface area contributed by atoms with E-state index in [4.69, 9.17) is 10.9 Å². The second-order valence-corrected chi connectivity index (χ2v) is 2.28. The zero-order valence-electron chi connectivity index (χ0n) is 6.64. The van der Waals surface area contributed by atoms with E-state index in [1.165, 1.54) is 0 Å². The lowest BCUT2D eigenvalue weighted by molar-refractivity contribution is 0.428. The maximum atomic E-state index is 5.06. The topological polar surface area (TPSA) is 38.1 Å². The van der Waals surface area contributed by atoms with Crippen LogP contribution in [-0.2, 0) is 0 Å². The molecule has 0 radical (unpaired) electrons. The Morgan fingerprint density at radius 3 is 2.82 bits per heavy atom. The van der Waals surface area contributed by atoms with E-state index >= 15 is 0 Å². The summed E-state index contributed by atoms with van der Waals surface area (Å²) in [4.78, 5) is 0. The summed E-state index contributed by atoms with van der Waals surface area (Å²) in [5.74, 6) is 3.12. The van der Waals surface area contributed by atoms with E-state index < -0.39 is 0 Å². The third-order valence-corrected chi connectivity index (χ3v) is 1.51. The highest BCUT2D eigenvalue weighted by Crippen LogP contribution is 2.16. The summed E-state index contributed by atoms with van der Waals surface area (Å²) in [6, 6.07) is 0.